The van der Waals surface area contributed by atoms with E-state index in [1.807, 2.05) is 23.1 Å². The van der Waals surface area contributed by atoms with Crippen molar-refractivity contribution in [2.24, 2.45) is 5.92 Å². The van der Waals surface area contributed by atoms with E-state index in [1.54, 1.807) is 24.3 Å². The van der Waals surface area contributed by atoms with Gasteiger partial charge in [0.25, 0.3) is 0 Å². The molecule has 4 heterocycles. The number of nitrogens with one attached hydrogen (secondary N) is 1. The number of piperidine rings is 1. The second kappa shape index (κ2) is 16.6. The Balaban J connectivity index is 1.10. The van der Waals surface area contributed by atoms with Gasteiger partial charge in [-0.3, -0.25) is 19.5 Å². The first kappa shape index (κ1) is 34.2. The van der Waals surface area contributed by atoms with Crippen molar-refractivity contribution in [3.05, 3.63) is 59.4 Å². The zero-order valence-electron chi connectivity index (χ0n) is 26.8. The number of carbonyl (C=O) groups excluding carboxylic acids is 2. The number of amides is 2. The molecule has 2 aliphatic rings. The summed E-state index contributed by atoms with van der Waals surface area (Å²) >= 11 is 1.37. The van der Waals surface area contributed by atoms with Crippen LogP contribution in [0, 0.1) is 17.2 Å². The minimum atomic E-state index is -0.269. The summed E-state index contributed by atoms with van der Waals surface area (Å²) in [6.45, 7) is 8.04. The standard InChI is InChI=1S/C34H42FN9O2S/c1-24(45)38-28-7-5-26(6-8-28)32-30(21-36)33(37)41-34(40-32)47-23-29-4-2-3-27(39-29)9-10-31(46)44-19-17-43(18-20-44)22-25-11-14-42(15-12-25)16-13-35/h2-8,25H,9-20,22-23H2,1H3,(H,38,45)(H2,37,40,41). The number of nitrogens with two attached hydrogens (primary N) is 1. The number of nitriles is 1. The number of rotatable bonds is 12. The number of pyridine rings is 1. The topological polar surface area (TPSA) is 144 Å². The number of aromatic nitrogens is 3. The highest BCUT2D eigenvalue weighted by atomic mass is 32.2. The smallest absolute Gasteiger partial charge is 0.223 e. The van der Waals surface area contributed by atoms with Crippen LogP contribution in [0.4, 0.5) is 15.9 Å². The van der Waals surface area contributed by atoms with Crippen LogP contribution in [0.3, 0.4) is 0 Å². The number of hydrogen-bond acceptors (Lipinski definition) is 10. The molecule has 11 nitrogen and oxygen atoms in total. The second-order valence-electron chi connectivity index (χ2n) is 12.0. The van der Waals surface area contributed by atoms with E-state index >= 15 is 0 Å². The van der Waals surface area contributed by atoms with Crippen molar-refractivity contribution in [2.45, 2.75) is 43.5 Å². The molecule has 0 aliphatic carbocycles. The highest BCUT2D eigenvalue weighted by molar-refractivity contribution is 7.98. The highest BCUT2D eigenvalue weighted by Crippen LogP contribution is 2.29. The molecule has 248 valence electrons. The Morgan fingerprint density at radius 3 is 2.40 bits per heavy atom. The lowest BCUT2D eigenvalue weighted by Crippen LogP contribution is -2.50. The van der Waals surface area contributed by atoms with Crippen molar-refractivity contribution in [3.63, 3.8) is 0 Å². The minimum absolute atomic E-state index is 0.0995. The van der Waals surface area contributed by atoms with E-state index in [1.165, 1.54) is 18.7 Å². The number of hydrogen-bond donors (Lipinski definition) is 2. The molecule has 1 aromatic carbocycles. The highest BCUT2D eigenvalue weighted by Gasteiger charge is 2.25. The molecular weight excluding hydrogens is 618 g/mol. The van der Waals surface area contributed by atoms with Gasteiger partial charge in [-0.2, -0.15) is 5.26 Å². The van der Waals surface area contributed by atoms with E-state index in [0.29, 0.717) is 53.2 Å². The van der Waals surface area contributed by atoms with Gasteiger partial charge in [0.05, 0.1) is 11.4 Å². The third-order valence-electron chi connectivity index (χ3n) is 8.66. The van der Waals surface area contributed by atoms with Crippen LogP contribution in [0.5, 0.6) is 0 Å². The summed E-state index contributed by atoms with van der Waals surface area (Å²) in [6.07, 6.45) is 3.22. The van der Waals surface area contributed by atoms with Crippen LogP contribution >= 0.6 is 11.8 Å². The SMILES string of the molecule is CC(=O)Nc1ccc(-c2nc(SCc3cccc(CCC(=O)N4CCN(CC5CCN(CCF)CC5)CC4)n3)nc(N)c2C#N)cc1. The number of benzene rings is 1. The molecule has 2 aromatic heterocycles. The zero-order chi connectivity index (χ0) is 33.2. The van der Waals surface area contributed by atoms with Crippen molar-refractivity contribution in [3.8, 4) is 17.3 Å². The fourth-order valence-electron chi connectivity index (χ4n) is 6.09. The second-order valence-corrected chi connectivity index (χ2v) is 13.0. The Hall–Kier alpha value is -4.12. The van der Waals surface area contributed by atoms with E-state index < -0.39 is 0 Å². The molecule has 13 heteroatoms. The lowest BCUT2D eigenvalue weighted by molar-refractivity contribution is -0.133. The van der Waals surface area contributed by atoms with Gasteiger partial charge in [-0.25, -0.2) is 14.4 Å². The van der Waals surface area contributed by atoms with Gasteiger partial charge >= 0.3 is 0 Å². The summed E-state index contributed by atoms with van der Waals surface area (Å²) < 4.78 is 12.6. The summed E-state index contributed by atoms with van der Waals surface area (Å²) in [5.74, 6) is 1.23. The lowest BCUT2D eigenvalue weighted by atomic mass is 9.96. The first-order valence-corrected chi connectivity index (χ1v) is 17.1. The monoisotopic (exact) mass is 659 g/mol. The molecule has 3 aromatic rings. The molecule has 2 fully saturated rings. The first-order chi connectivity index (χ1) is 22.8. The number of alkyl halides is 1. The number of thioether (sulfide) groups is 1. The maximum atomic E-state index is 13.0. The van der Waals surface area contributed by atoms with Crippen molar-refractivity contribution in [1.29, 1.82) is 5.26 Å². The predicted molar refractivity (Wildman–Crippen MR) is 181 cm³/mol. The fraction of sp³-hybridized carbons (Fsp3) is 0.471. The minimum Gasteiger partial charge on any atom is -0.382 e. The normalized spacial score (nSPS) is 16.1. The third kappa shape index (κ3) is 9.70. The van der Waals surface area contributed by atoms with Gasteiger partial charge in [-0.1, -0.05) is 30.0 Å². The molecule has 0 bridgehead atoms. The molecule has 0 radical (unpaired) electrons. The van der Waals surface area contributed by atoms with Gasteiger partial charge < -0.3 is 20.9 Å². The third-order valence-corrected chi connectivity index (χ3v) is 9.55. The largest absolute Gasteiger partial charge is 0.382 e. The summed E-state index contributed by atoms with van der Waals surface area (Å²) in [7, 11) is 0. The molecule has 0 atom stereocenters. The molecule has 47 heavy (non-hydrogen) atoms. The average Bonchev–Trinajstić information content (AvgIpc) is 3.07. The van der Waals surface area contributed by atoms with Gasteiger partial charge in [-0.05, 0) is 62.5 Å². The summed E-state index contributed by atoms with van der Waals surface area (Å²) in [6, 6.07) is 15.0. The van der Waals surface area contributed by atoms with Gasteiger partial charge in [-0.15, -0.1) is 0 Å². The molecular formula is C34H42FN9O2S. The van der Waals surface area contributed by atoms with Crippen LogP contribution in [0.2, 0.25) is 0 Å². The number of piperazine rings is 1. The Kier molecular flexibility index (Phi) is 12.1. The van der Waals surface area contributed by atoms with Gasteiger partial charge in [0.2, 0.25) is 11.8 Å². The summed E-state index contributed by atoms with van der Waals surface area (Å²) in [5, 5.41) is 12.9. The maximum Gasteiger partial charge on any atom is 0.223 e. The maximum absolute atomic E-state index is 13.0. The number of nitrogens with zero attached hydrogens (tertiary/aromatic N) is 7. The quantitative estimate of drug-likeness (QED) is 0.216. The molecule has 2 saturated heterocycles. The zero-order valence-corrected chi connectivity index (χ0v) is 27.6. The first-order valence-electron chi connectivity index (χ1n) is 16.1. The van der Waals surface area contributed by atoms with Crippen molar-refractivity contribution in [2.75, 3.05) is 70.1 Å². The average molecular weight is 660 g/mol. The molecule has 0 spiro atoms. The number of nitrogen functional groups attached to an aromatic ring is 1. The fourth-order valence-corrected chi connectivity index (χ4v) is 6.85. The van der Waals surface area contributed by atoms with Crippen LogP contribution in [0.1, 0.15) is 43.1 Å². The van der Waals surface area contributed by atoms with E-state index in [9.17, 15) is 19.2 Å². The number of likely N-dealkylation sites (tertiary alicyclic amines) is 1. The predicted octanol–water partition coefficient (Wildman–Crippen LogP) is 4.00. The number of anilines is 2. The van der Waals surface area contributed by atoms with Crippen molar-refractivity contribution >= 4 is 35.1 Å². The number of carbonyl (C=O) groups is 2. The van der Waals surface area contributed by atoms with Crippen LogP contribution in [-0.4, -0.2) is 100 Å². The van der Waals surface area contributed by atoms with Crippen LogP contribution in [0.15, 0.2) is 47.6 Å². The molecule has 3 N–H and O–H groups in total. The number of halogens is 1. The Morgan fingerprint density at radius 2 is 1.72 bits per heavy atom. The Labute approximate surface area is 279 Å². The van der Waals surface area contributed by atoms with E-state index in [4.69, 9.17) is 10.7 Å². The summed E-state index contributed by atoms with van der Waals surface area (Å²) in [5.41, 5.74) is 9.77. The van der Waals surface area contributed by atoms with Gasteiger partial charge in [0.15, 0.2) is 5.16 Å². The molecule has 0 unspecified atom stereocenters. The Morgan fingerprint density at radius 1 is 1.00 bits per heavy atom. The van der Waals surface area contributed by atoms with Gasteiger partial charge in [0.1, 0.15) is 24.1 Å². The van der Waals surface area contributed by atoms with Crippen LogP contribution in [0.25, 0.3) is 11.3 Å². The van der Waals surface area contributed by atoms with Crippen LogP contribution < -0.4 is 11.1 Å². The molecule has 5 rings (SSSR count). The Bertz CT molecular complexity index is 1570. The van der Waals surface area contributed by atoms with E-state index in [2.05, 4.69) is 31.2 Å². The summed E-state index contributed by atoms with van der Waals surface area (Å²) in [4.78, 5) is 44.8. The van der Waals surface area contributed by atoms with Crippen molar-refractivity contribution < 1.29 is 14.0 Å². The van der Waals surface area contributed by atoms with Gasteiger partial charge in [0, 0.05) is 75.3 Å². The molecule has 0 saturated carbocycles. The molecule has 2 amide bonds. The number of aryl methyl sites for hydroxylation is 1. The lowest BCUT2D eigenvalue weighted by Gasteiger charge is -2.38. The molecule has 2 aliphatic heterocycles. The van der Waals surface area contributed by atoms with Crippen LogP contribution in [-0.2, 0) is 21.8 Å². The van der Waals surface area contributed by atoms with E-state index in [-0.39, 0.29) is 29.9 Å². The van der Waals surface area contributed by atoms with E-state index in [0.717, 1.165) is 70.0 Å². The van der Waals surface area contributed by atoms with Crippen molar-refractivity contribution in [1.82, 2.24) is 29.7 Å².